The fourth-order valence-electron chi connectivity index (χ4n) is 2.40. The van der Waals surface area contributed by atoms with E-state index in [9.17, 15) is 0 Å². The molecule has 1 aliphatic heterocycles. The second-order valence-corrected chi connectivity index (χ2v) is 4.78. The van der Waals surface area contributed by atoms with Crippen molar-refractivity contribution in [1.29, 1.82) is 0 Å². The van der Waals surface area contributed by atoms with Gasteiger partial charge in [-0.3, -0.25) is 4.90 Å². The highest BCUT2D eigenvalue weighted by atomic mass is 15.2. The van der Waals surface area contributed by atoms with Gasteiger partial charge in [-0.05, 0) is 46.2 Å². The number of likely N-dealkylation sites (tertiary alicyclic amines) is 1. The van der Waals surface area contributed by atoms with Crippen molar-refractivity contribution in [2.45, 2.75) is 58.0 Å². The van der Waals surface area contributed by atoms with Crippen molar-refractivity contribution in [3.63, 3.8) is 0 Å². The molecule has 1 aliphatic rings. The van der Waals surface area contributed by atoms with E-state index in [4.69, 9.17) is 0 Å². The van der Waals surface area contributed by atoms with E-state index in [1.54, 1.807) is 0 Å². The smallest absolute Gasteiger partial charge is 0.0192 e. The van der Waals surface area contributed by atoms with E-state index in [2.05, 4.69) is 38.0 Å². The molecule has 0 radical (unpaired) electrons. The molecule has 0 aromatic carbocycles. The van der Waals surface area contributed by atoms with Crippen LogP contribution < -0.4 is 5.32 Å². The Hall–Kier alpha value is -0.0800. The molecule has 0 bridgehead atoms. The van der Waals surface area contributed by atoms with Gasteiger partial charge in [0.05, 0.1) is 0 Å². The van der Waals surface area contributed by atoms with Crippen LogP contribution in [0.1, 0.15) is 46.5 Å². The molecule has 2 heteroatoms. The lowest BCUT2D eigenvalue weighted by atomic mass is 9.90. The maximum absolute atomic E-state index is 3.41. The van der Waals surface area contributed by atoms with Gasteiger partial charge in [0.15, 0.2) is 0 Å². The summed E-state index contributed by atoms with van der Waals surface area (Å²) in [6.45, 7) is 9.55. The first-order valence-corrected chi connectivity index (χ1v) is 6.08. The number of hydrogen-bond donors (Lipinski definition) is 1. The number of likely N-dealkylation sites (N-methyl/N-ethyl adjacent to an activating group) is 1. The van der Waals surface area contributed by atoms with Crippen LogP contribution in [0.15, 0.2) is 0 Å². The monoisotopic (exact) mass is 198 g/mol. The first-order valence-electron chi connectivity index (χ1n) is 6.08. The molecule has 1 saturated heterocycles. The van der Waals surface area contributed by atoms with Gasteiger partial charge >= 0.3 is 0 Å². The molecule has 0 saturated carbocycles. The van der Waals surface area contributed by atoms with Crippen LogP contribution in [-0.2, 0) is 0 Å². The fourth-order valence-corrected chi connectivity index (χ4v) is 2.40. The van der Waals surface area contributed by atoms with Crippen LogP contribution in [0.2, 0.25) is 0 Å². The predicted octanol–water partition coefficient (Wildman–Crippen LogP) is 2.25. The highest BCUT2D eigenvalue weighted by Gasteiger charge is 2.31. The molecule has 0 amide bonds. The topological polar surface area (TPSA) is 15.3 Å². The summed E-state index contributed by atoms with van der Waals surface area (Å²) in [7, 11) is 2.09. The van der Waals surface area contributed by atoms with Crippen LogP contribution in [0, 0.1) is 0 Å². The Balaban J connectivity index is 2.57. The third kappa shape index (κ3) is 2.48. The molecule has 0 aliphatic carbocycles. The normalized spacial score (nSPS) is 25.3. The minimum absolute atomic E-state index is 0.426. The summed E-state index contributed by atoms with van der Waals surface area (Å²) in [5.41, 5.74) is 0.426. The second kappa shape index (κ2) is 5.13. The van der Waals surface area contributed by atoms with Crippen molar-refractivity contribution >= 4 is 0 Å². The minimum Gasteiger partial charge on any atom is -0.316 e. The molecule has 1 rings (SSSR count). The SMILES string of the molecule is CCC(C)(CC)N1CCCC(NC)C1. The first-order chi connectivity index (χ1) is 6.66. The highest BCUT2D eigenvalue weighted by molar-refractivity contribution is 4.89. The number of hydrogen-bond acceptors (Lipinski definition) is 2. The zero-order chi connectivity index (χ0) is 10.6. The van der Waals surface area contributed by atoms with Crippen molar-refractivity contribution in [2.75, 3.05) is 20.1 Å². The molecule has 1 fully saturated rings. The molecule has 1 heterocycles. The highest BCUT2D eigenvalue weighted by Crippen LogP contribution is 2.26. The third-order valence-electron chi connectivity index (χ3n) is 4.12. The van der Waals surface area contributed by atoms with Gasteiger partial charge in [0.1, 0.15) is 0 Å². The van der Waals surface area contributed by atoms with Crippen molar-refractivity contribution in [2.24, 2.45) is 0 Å². The lowest BCUT2D eigenvalue weighted by Gasteiger charge is -2.45. The van der Waals surface area contributed by atoms with Gasteiger partial charge < -0.3 is 5.32 Å². The van der Waals surface area contributed by atoms with Crippen molar-refractivity contribution in [3.05, 3.63) is 0 Å². The molecule has 1 N–H and O–H groups in total. The van der Waals surface area contributed by atoms with E-state index in [-0.39, 0.29) is 0 Å². The quantitative estimate of drug-likeness (QED) is 0.745. The lowest BCUT2D eigenvalue weighted by molar-refractivity contribution is 0.0596. The number of piperidine rings is 1. The standard InChI is InChI=1S/C12H26N2/c1-5-12(3,6-2)14-9-7-8-11(10-14)13-4/h11,13H,5-10H2,1-4H3. The Bertz CT molecular complexity index is 164. The van der Waals surface area contributed by atoms with Crippen LogP contribution >= 0.6 is 0 Å². The van der Waals surface area contributed by atoms with Crippen LogP contribution in [0.25, 0.3) is 0 Å². The average Bonchev–Trinajstić information content (AvgIpc) is 2.28. The van der Waals surface area contributed by atoms with Gasteiger partial charge in [-0.2, -0.15) is 0 Å². The zero-order valence-corrected chi connectivity index (χ0v) is 10.3. The number of nitrogens with zero attached hydrogens (tertiary/aromatic N) is 1. The van der Waals surface area contributed by atoms with Gasteiger partial charge in [0.25, 0.3) is 0 Å². The number of nitrogens with one attached hydrogen (secondary N) is 1. The van der Waals surface area contributed by atoms with Crippen LogP contribution in [0.5, 0.6) is 0 Å². The molecular formula is C12H26N2. The average molecular weight is 198 g/mol. The molecule has 1 unspecified atom stereocenters. The van der Waals surface area contributed by atoms with Gasteiger partial charge in [-0.25, -0.2) is 0 Å². The summed E-state index contributed by atoms with van der Waals surface area (Å²) < 4.78 is 0. The van der Waals surface area contributed by atoms with Crippen molar-refractivity contribution < 1.29 is 0 Å². The van der Waals surface area contributed by atoms with E-state index in [1.165, 1.54) is 38.8 Å². The zero-order valence-electron chi connectivity index (χ0n) is 10.3. The van der Waals surface area contributed by atoms with Crippen LogP contribution in [0.4, 0.5) is 0 Å². The van der Waals surface area contributed by atoms with Gasteiger partial charge in [0.2, 0.25) is 0 Å². The van der Waals surface area contributed by atoms with Crippen molar-refractivity contribution in [1.82, 2.24) is 10.2 Å². The maximum Gasteiger partial charge on any atom is 0.0192 e. The summed E-state index contributed by atoms with van der Waals surface area (Å²) >= 11 is 0. The maximum atomic E-state index is 3.41. The van der Waals surface area contributed by atoms with Crippen LogP contribution in [0.3, 0.4) is 0 Å². The Morgan fingerprint density at radius 2 is 2.00 bits per heavy atom. The third-order valence-corrected chi connectivity index (χ3v) is 4.12. The summed E-state index contributed by atoms with van der Waals surface area (Å²) in [5.74, 6) is 0. The summed E-state index contributed by atoms with van der Waals surface area (Å²) in [5, 5.41) is 3.41. The molecule has 0 aromatic rings. The minimum atomic E-state index is 0.426. The van der Waals surface area contributed by atoms with Crippen molar-refractivity contribution in [3.8, 4) is 0 Å². The molecular weight excluding hydrogens is 172 g/mol. The molecule has 2 nitrogen and oxygen atoms in total. The van der Waals surface area contributed by atoms with Gasteiger partial charge in [0, 0.05) is 18.1 Å². The summed E-state index contributed by atoms with van der Waals surface area (Å²) in [6, 6.07) is 0.709. The Morgan fingerprint density at radius 1 is 1.36 bits per heavy atom. The molecule has 14 heavy (non-hydrogen) atoms. The Kier molecular flexibility index (Phi) is 4.39. The second-order valence-electron chi connectivity index (χ2n) is 4.78. The Labute approximate surface area is 89.1 Å². The number of rotatable bonds is 4. The lowest BCUT2D eigenvalue weighted by Crippen LogP contribution is -2.54. The van der Waals surface area contributed by atoms with E-state index in [0.29, 0.717) is 11.6 Å². The van der Waals surface area contributed by atoms with Gasteiger partial charge in [-0.15, -0.1) is 0 Å². The summed E-state index contributed by atoms with van der Waals surface area (Å²) in [4.78, 5) is 2.68. The Morgan fingerprint density at radius 3 is 2.50 bits per heavy atom. The molecule has 0 spiro atoms. The van der Waals surface area contributed by atoms with E-state index < -0.39 is 0 Å². The first kappa shape index (κ1) is 12.0. The van der Waals surface area contributed by atoms with Crippen LogP contribution in [-0.4, -0.2) is 36.6 Å². The van der Waals surface area contributed by atoms with Gasteiger partial charge in [-0.1, -0.05) is 13.8 Å². The van der Waals surface area contributed by atoms with E-state index in [0.717, 1.165) is 0 Å². The van der Waals surface area contributed by atoms with E-state index >= 15 is 0 Å². The van der Waals surface area contributed by atoms with E-state index in [1.807, 2.05) is 0 Å². The molecule has 1 atom stereocenters. The molecule has 0 aromatic heterocycles. The fraction of sp³-hybridized carbons (Fsp3) is 1.00. The predicted molar refractivity (Wildman–Crippen MR) is 62.6 cm³/mol. The largest absolute Gasteiger partial charge is 0.316 e. The molecule has 84 valence electrons. The summed E-state index contributed by atoms with van der Waals surface area (Å²) in [6.07, 6.45) is 5.22.